The minimum absolute atomic E-state index is 0.604. The Balaban J connectivity index is 1.00. The van der Waals surface area contributed by atoms with Crippen LogP contribution in [0.1, 0.15) is 0 Å². The van der Waals surface area contributed by atoms with Crippen LogP contribution in [0.5, 0.6) is 0 Å². The summed E-state index contributed by atoms with van der Waals surface area (Å²) >= 11 is 0. The largest absolute Gasteiger partial charge is 0.456 e. The van der Waals surface area contributed by atoms with Gasteiger partial charge in [0.15, 0.2) is 17.5 Å². The van der Waals surface area contributed by atoms with E-state index in [9.17, 15) is 0 Å². The minimum atomic E-state index is 0.604. The third kappa shape index (κ3) is 6.30. The number of fused-ring (bicyclic) bond motifs is 10. The predicted octanol–water partition coefficient (Wildman–Crippen LogP) is 16.3. The van der Waals surface area contributed by atoms with E-state index in [0.29, 0.717) is 17.5 Å². The Morgan fingerprint density at radius 1 is 0.290 bits per heavy atom. The van der Waals surface area contributed by atoms with Gasteiger partial charge >= 0.3 is 0 Å². The molecule has 4 heterocycles. The van der Waals surface area contributed by atoms with Crippen molar-refractivity contribution in [3.05, 3.63) is 237 Å². The van der Waals surface area contributed by atoms with E-state index in [1.54, 1.807) is 0 Å². The standard InChI is InChI=1S/C63H39N5O/c1-5-16-40(17-6-1)42-28-30-44(31-29-42)62-64-61(43-20-9-3-10-21-43)65-63(66-62)46-33-36-53-51(39-46)49-34-37-57-59(60(49)67(53)47-22-11-4-12-23-47)58-55(26-15-27-56(58)69-57)68-52-25-14-13-24-48(52)50-38-45(32-35-54(50)68)41-18-7-2-8-19-41/h1-39H. The highest BCUT2D eigenvalue weighted by Gasteiger charge is 2.24. The molecular weight excluding hydrogens is 843 g/mol. The maximum absolute atomic E-state index is 6.87. The van der Waals surface area contributed by atoms with Crippen LogP contribution in [0.3, 0.4) is 0 Å². The van der Waals surface area contributed by atoms with Crippen LogP contribution < -0.4 is 0 Å². The lowest BCUT2D eigenvalue weighted by Gasteiger charge is -2.12. The van der Waals surface area contributed by atoms with E-state index in [1.807, 2.05) is 36.4 Å². The fourth-order valence-corrected chi connectivity index (χ4v) is 10.4. The Hall–Kier alpha value is -9.39. The Bertz CT molecular complexity index is 4270. The summed E-state index contributed by atoms with van der Waals surface area (Å²) in [5, 5.41) is 6.70. The topological polar surface area (TPSA) is 61.7 Å². The maximum atomic E-state index is 6.87. The van der Waals surface area contributed by atoms with Gasteiger partial charge in [-0.25, -0.2) is 15.0 Å². The first kappa shape index (κ1) is 38.8. The molecule has 4 aromatic heterocycles. The van der Waals surface area contributed by atoms with Crippen LogP contribution in [0.25, 0.3) is 133 Å². The van der Waals surface area contributed by atoms with E-state index in [4.69, 9.17) is 19.4 Å². The highest BCUT2D eigenvalue weighted by Crippen LogP contribution is 2.45. The quantitative estimate of drug-likeness (QED) is 0.160. The first-order valence-electron chi connectivity index (χ1n) is 23.3. The van der Waals surface area contributed by atoms with Gasteiger partial charge in [0.05, 0.1) is 38.5 Å². The molecule has 0 fully saturated rings. The molecule has 0 unspecified atom stereocenters. The summed E-state index contributed by atoms with van der Waals surface area (Å²) in [5.74, 6) is 1.84. The fraction of sp³-hybridized carbons (Fsp3) is 0. The number of hydrogen-bond donors (Lipinski definition) is 0. The summed E-state index contributed by atoms with van der Waals surface area (Å²) in [5.41, 5.74) is 15.6. The van der Waals surface area contributed by atoms with Crippen LogP contribution in [-0.2, 0) is 0 Å². The molecule has 0 saturated heterocycles. The molecule has 69 heavy (non-hydrogen) atoms. The van der Waals surface area contributed by atoms with Crippen molar-refractivity contribution in [1.29, 1.82) is 0 Å². The molecule has 0 aliphatic carbocycles. The number of para-hydroxylation sites is 2. The Morgan fingerprint density at radius 3 is 1.48 bits per heavy atom. The van der Waals surface area contributed by atoms with Gasteiger partial charge in [0.25, 0.3) is 0 Å². The van der Waals surface area contributed by atoms with Crippen LogP contribution in [0.15, 0.2) is 241 Å². The van der Waals surface area contributed by atoms with Crippen molar-refractivity contribution < 1.29 is 4.42 Å². The number of benzene rings is 10. The highest BCUT2D eigenvalue weighted by molar-refractivity contribution is 6.27. The first-order chi connectivity index (χ1) is 34.2. The van der Waals surface area contributed by atoms with Gasteiger partial charge in [-0.15, -0.1) is 0 Å². The SMILES string of the molecule is c1ccc(-c2ccc(-c3nc(-c4ccccc4)nc(-c4ccc5c(c4)c4ccc6oc7cccc(-n8c9ccccc9c9cc(-c%10ccccc%10)ccc98)c7c6c4n5-c4ccccc4)n3)cc2)cc1. The van der Waals surface area contributed by atoms with E-state index in [0.717, 1.165) is 94.0 Å². The van der Waals surface area contributed by atoms with Crippen LogP contribution in [0.2, 0.25) is 0 Å². The maximum Gasteiger partial charge on any atom is 0.164 e. The lowest BCUT2D eigenvalue weighted by molar-refractivity contribution is 0.669. The zero-order valence-corrected chi connectivity index (χ0v) is 37.2. The van der Waals surface area contributed by atoms with Crippen LogP contribution in [0, 0.1) is 0 Å². The summed E-state index contributed by atoms with van der Waals surface area (Å²) in [6, 6.07) is 83.2. The van der Waals surface area contributed by atoms with Gasteiger partial charge in [-0.2, -0.15) is 0 Å². The summed E-state index contributed by atoms with van der Waals surface area (Å²) < 4.78 is 11.7. The molecule has 0 bridgehead atoms. The van der Waals surface area contributed by atoms with Crippen molar-refractivity contribution in [2.75, 3.05) is 0 Å². The molecule has 0 aliphatic heterocycles. The van der Waals surface area contributed by atoms with E-state index < -0.39 is 0 Å². The van der Waals surface area contributed by atoms with Crippen molar-refractivity contribution in [1.82, 2.24) is 24.1 Å². The molecule has 0 spiro atoms. The Kier molecular flexibility index (Phi) is 8.79. The number of aromatic nitrogens is 5. The lowest BCUT2D eigenvalue weighted by Crippen LogP contribution is -2.00. The van der Waals surface area contributed by atoms with Gasteiger partial charge in [-0.1, -0.05) is 164 Å². The minimum Gasteiger partial charge on any atom is -0.456 e. The number of nitrogens with zero attached hydrogens (tertiary/aromatic N) is 5. The van der Waals surface area contributed by atoms with Crippen LogP contribution in [0.4, 0.5) is 0 Å². The van der Waals surface area contributed by atoms with E-state index in [-0.39, 0.29) is 0 Å². The summed E-state index contributed by atoms with van der Waals surface area (Å²) in [7, 11) is 0. The lowest BCUT2D eigenvalue weighted by atomic mass is 10.0. The number of furan rings is 1. The molecule has 0 N–H and O–H groups in total. The third-order valence-electron chi connectivity index (χ3n) is 13.6. The van der Waals surface area contributed by atoms with Crippen molar-refractivity contribution in [3.63, 3.8) is 0 Å². The molecule has 322 valence electrons. The van der Waals surface area contributed by atoms with Gasteiger partial charge in [0.1, 0.15) is 11.2 Å². The van der Waals surface area contributed by atoms with Crippen LogP contribution >= 0.6 is 0 Å². The summed E-state index contributed by atoms with van der Waals surface area (Å²) in [6.45, 7) is 0. The smallest absolute Gasteiger partial charge is 0.164 e. The van der Waals surface area contributed by atoms with Gasteiger partial charge in [0.2, 0.25) is 0 Å². The van der Waals surface area contributed by atoms with Crippen LogP contribution in [-0.4, -0.2) is 24.1 Å². The van der Waals surface area contributed by atoms with Crippen molar-refractivity contribution in [2.24, 2.45) is 0 Å². The molecule has 14 rings (SSSR count). The average Bonchev–Trinajstić information content (AvgIpc) is 4.09. The molecule has 14 aromatic rings. The van der Waals surface area contributed by atoms with Crippen molar-refractivity contribution in [3.8, 4) is 67.8 Å². The predicted molar refractivity (Wildman–Crippen MR) is 283 cm³/mol. The zero-order chi connectivity index (χ0) is 45.4. The molecule has 6 heteroatoms. The second-order valence-electron chi connectivity index (χ2n) is 17.6. The molecule has 10 aromatic carbocycles. The fourth-order valence-electron chi connectivity index (χ4n) is 10.4. The molecule has 6 nitrogen and oxygen atoms in total. The van der Waals surface area contributed by atoms with E-state index in [2.05, 4.69) is 209 Å². The zero-order valence-electron chi connectivity index (χ0n) is 37.2. The molecule has 0 aliphatic rings. The monoisotopic (exact) mass is 881 g/mol. The van der Waals surface area contributed by atoms with E-state index >= 15 is 0 Å². The first-order valence-corrected chi connectivity index (χ1v) is 23.3. The van der Waals surface area contributed by atoms with Gasteiger partial charge in [-0.3, -0.25) is 0 Å². The third-order valence-corrected chi connectivity index (χ3v) is 13.6. The normalized spacial score (nSPS) is 11.8. The van der Waals surface area contributed by atoms with Gasteiger partial charge in [0, 0.05) is 43.9 Å². The number of hydrogen-bond acceptors (Lipinski definition) is 4. The molecule has 0 amide bonds. The summed E-state index contributed by atoms with van der Waals surface area (Å²) in [6.07, 6.45) is 0. The second kappa shape index (κ2) is 15.6. The molecule has 0 radical (unpaired) electrons. The van der Waals surface area contributed by atoms with Crippen molar-refractivity contribution in [2.45, 2.75) is 0 Å². The van der Waals surface area contributed by atoms with Crippen molar-refractivity contribution >= 4 is 65.6 Å². The highest BCUT2D eigenvalue weighted by atomic mass is 16.3. The Morgan fingerprint density at radius 2 is 0.768 bits per heavy atom. The van der Waals surface area contributed by atoms with Gasteiger partial charge < -0.3 is 13.6 Å². The second-order valence-corrected chi connectivity index (χ2v) is 17.6. The average molecular weight is 882 g/mol. The molecule has 0 saturated carbocycles. The molecule has 0 atom stereocenters. The van der Waals surface area contributed by atoms with Gasteiger partial charge in [-0.05, 0) is 95.1 Å². The Labute approximate surface area is 396 Å². The molecular formula is C63H39N5O. The van der Waals surface area contributed by atoms with E-state index in [1.165, 1.54) is 21.9 Å². The summed E-state index contributed by atoms with van der Waals surface area (Å²) in [4.78, 5) is 15.4. The number of rotatable bonds is 7.